The summed E-state index contributed by atoms with van der Waals surface area (Å²) >= 11 is 5.89. The van der Waals surface area contributed by atoms with Crippen LogP contribution in [0, 0.1) is 0 Å². The second-order valence-electron chi connectivity index (χ2n) is 6.11. The fourth-order valence-electron chi connectivity index (χ4n) is 2.63. The maximum atomic E-state index is 13.2. The summed E-state index contributed by atoms with van der Waals surface area (Å²) in [5.41, 5.74) is 6.96. The molecule has 0 bridgehead atoms. The standard InChI is InChI=1S/C20H18ClN3O3S/c21-17-8-10-19(11-9-17)28(26,27)24(14-18-3-1-2-12-23-18)13-15-4-6-16(7-5-15)20(22)25/h1-12H,13-14H2,(H2,22,25). The maximum absolute atomic E-state index is 13.2. The summed E-state index contributed by atoms with van der Waals surface area (Å²) < 4.78 is 27.7. The average molecular weight is 416 g/mol. The second kappa shape index (κ2) is 8.52. The number of rotatable bonds is 7. The van der Waals surface area contributed by atoms with Gasteiger partial charge in [-0.2, -0.15) is 4.31 Å². The second-order valence-corrected chi connectivity index (χ2v) is 8.48. The van der Waals surface area contributed by atoms with Crippen LogP contribution in [0.2, 0.25) is 5.02 Å². The number of carbonyl (C=O) groups excluding carboxylic acids is 1. The van der Waals surface area contributed by atoms with E-state index >= 15 is 0 Å². The quantitative estimate of drug-likeness (QED) is 0.641. The molecule has 1 aromatic heterocycles. The summed E-state index contributed by atoms with van der Waals surface area (Å²) in [6.07, 6.45) is 1.62. The van der Waals surface area contributed by atoms with Gasteiger partial charge in [0.05, 0.1) is 17.1 Å². The van der Waals surface area contributed by atoms with Gasteiger partial charge in [0.15, 0.2) is 0 Å². The number of amides is 1. The Kier molecular flexibility index (Phi) is 6.08. The fraction of sp³-hybridized carbons (Fsp3) is 0.100. The van der Waals surface area contributed by atoms with Crippen LogP contribution in [0.4, 0.5) is 0 Å². The molecular formula is C20H18ClN3O3S. The zero-order chi connectivity index (χ0) is 20.1. The van der Waals surface area contributed by atoms with Gasteiger partial charge >= 0.3 is 0 Å². The lowest BCUT2D eigenvalue weighted by Crippen LogP contribution is -2.30. The first-order chi connectivity index (χ1) is 13.4. The minimum Gasteiger partial charge on any atom is -0.366 e. The number of aromatic nitrogens is 1. The van der Waals surface area contributed by atoms with E-state index in [0.29, 0.717) is 16.3 Å². The molecule has 0 aliphatic heterocycles. The Morgan fingerprint density at radius 1 is 0.964 bits per heavy atom. The van der Waals surface area contributed by atoms with Gasteiger partial charge in [0.25, 0.3) is 0 Å². The summed E-state index contributed by atoms with van der Waals surface area (Å²) in [5.74, 6) is -0.536. The molecule has 0 saturated carbocycles. The minimum absolute atomic E-state index is 0.101. The highest BCUT2D eigenvalue weighted by Gasteiger charge is 2.25. The van der Waals surface area contributed by atoms with Crippen molar-refractivity contribution >= 4 is 27.5 Å². The van der Waals surface area contributed by atoms with Crippen LogP contribution in [0.1, 0.15) is 21.6 Å². The van der Waals surface area contributed by atoms with Gasteiger partial charge in [-0.1, -0.05) is 29.8 Å². The summed E-state index contributed by atoms with van der Waals surface area (Å²) in [6.45, 7) is 0.212. The van der Waals surface area contributed by atoms with Crippen LogP contribution in [-0.4, -0.2) is 23.6 Å². The van der Waals surface area contributed by atoms with Gasteiger partial charge in [-0.05, 0) is 54.1 Å². The lowest BCUT2D eigenvalue weighted by molar-refractivity contribution is 0.1000. The first kappa shape index (κ1) is 20.0. The summed E-state index contributed by atoms with van der Waals surface area (Å²) in [4.78, 5) is 15.6. The van der Waals surface area contributed by atoms with Gasteiger partial charge in [-0.15, -0.1) is 0 Å². The fourth-order valence-corrected chi connectivity index (χ4v) is 4.16. The van der Waals surface area contributed by atoms with E-state index in [2.05, 4.69) is 4.98 Å². The van der Waals surface area contributed by atoms with Gasteiger partial charge in [-0.3, -0.25) is 9.78 Å². The number of primary amides is 1. The van der Waals surface area contributed by atoms with Crippen LogP contribution in [0.5, 0.6) is 0 Å². The molecule has 0 aliphatic carbocycles. The normalized spacial score (nSPS) is 11.5. The molecule has 0 atom stereocenters. The van der Waals surface area contributed by atoms with Crippen LogP contribution in [0.3, 0.4) is 0 Å². The molecule has 6 nitrogen and oxygen atoms in total. The van der Waals surface area contributed by atoms with E-state index in [1.54, 1.807) is 48.7 Å². The van der Waals surface area contributed by atoms with Crippen molar-refractivity contribution in [1.82, 2.24) is 9.29 Å². The van der Waals surface area contributed by atoms with Crippen molar-refractivity contribution in [3.63, 3.8) is 0 Å². The van der Waals surface area contributed by atoms with Crippen molar-refractivity contribution in [3.8, 4) is 0 Å². The molecule has 1 amide bonds. The zero-order valence-electron chi connectivity index (χ0n) is 14.8. The smallest absolute Gasteiger partial charge is 0.248 e. The first-order valence-corrected chi connectivity index (χ1v) is 10.2. The van der Waals surface area contributed by atoms with Crippen LogP contribution in [0.15, 0.2) is 77.8 Å². The third kappa shape index (κ3) is 4.75. The number of nitrogens with two attached hydrogens (primary N) is 1. The summed E-state index contributed by atoms with van der Waals surface area (Å²) in [5, 5.41) is 0.456. The molecule has 3 aromatic rings. The van der Waals surface area contributed by atoms with Gasteiger partial charge < -0.3 is 5.73 Å². The van der Waals surface area contributed by atoms with E-state index in [0.717, 1.165) is 5.56 Å². The van der Waals surface area contributed by atoms with E-state index < -0.39 is 15.9 Å². The van der Waals surface area contributed by atoms with Crippen LogP contribution in [-0.2, 0) is 23.1 Å². The monoisotopic (exact) mass is 415 g/mol. The zero-order valence-corrected chi connectivity index (χ0v) is 16.4. The Morgan fingerprint density at radius 3 is 2.21 bits per heavy atom. The molecule has 1 heterocycles. The minimum atomic E-state index is -3.80. The molecule has 0 radical (unpaired) electrons. The molecule has 0 saturated heterocycles. The Morgan fingerprint density at radius 2 is 1.64 bits per heavy atom. The van der Waals surface area contributed by atoms with Crippen molar-refractivity contribution in [2.45, 2.75) is 18.0 Å². The number of carbonyl (C=O) groups is 1. The Hall–Kier alpha value is -2.74. The molecule has 3 rings (SSSR count). The number of benzene rings is 2. The van der Waals surface area contributed by atoms with E-state index in [9.17, 15) is 13.2 Å². The van der Waals surface area contributed by atoms with Gasteiger partial charge in [0.1, 0.15) is 0 Å². The van der Waals surface area contributed by atoms with Crippen molar-refractivity contribution in [1.29, 1.82) is 0 Å². The highest BCUT2D eigenvalue weighted by molar-refractivity contribution is 7.89. The van der Waals surface area contributed by atoms with Crippen molar-refractivity contribution < 1.29 is 13.2 Å². The first-order valence-electron chi connectivity index (χ1n) is 8.40. The van der Waals surface area contributed by atoms with Crippen molar-refractivity contribution in [2.24, 2.45) is 5.73 Å². The largest absolute Gasteiger partial charge is 0.366 e. The number of nitrogens with zero attached hydrogens (tertiary/aromatic N) is 2. The molecule has 2 aromatic carbocycles. The molecular weight excluding hydrogens is 398 g/mol. The Balaban J connectivity index is 1.94. The molecule has 144 valence electrons. The number of halogens is 1. The molecule has 0 fully saturated rings. The average Bonchev–Trinajstić information content (AvgIpc) is 2.69. The molecule has 28 heavy (non-hydrogen) atoms. The highest BCUT2D eigenvalue weighted by atomic mass is 35.5. The lowest BCUT2D eigenvalue weighted by Gasteiger charge is -2.22. The van der Waals surface area contributed by atoms with Crippen LogP contribution >= 0.6 is 11.6 Å². The summed E-state index contributed by atoms with van der Waals surface area (Å²) in [7, 11) is -3.80. The van der Waals surface area contributed by atoms with E-state index in [4.69, 9.17) is 17.3 Å². The van der Waals surface area contributed by atoms with E-state index in [1.165, 1.54) is 28.6 Å². The van der Waals surface area contributed by atoms with Gasteiger partial charge in [0, 0.05) is 23.3 Å². The number of pyridine rings is 1. The van der Waals surface area contributed by atoms with Gasteiger partial charge in [-0.25, -0.2) is 8.42 Å². The van der Waals surface area contributed by atoms with Crippen LogP contribution in [0.25, 0.3) is 0 Å². The molecule has 0 spiro atoms. The third-order valence-corrected chi connectivity index (χ3v) is 6.17. The summed E-state index contributed by atoms with van der Waals surface area (Å²) in [6, 6.07) is 17.9. The van der Waals surface area contributed by atoms with E-state index in [-0.39, 0.29) is 18.0 Å². The number of sulfonamides is 1. The van der Waals surface area contributed by atoms with E-state index in [1.807, 2.05) is 0 Å². The number of hydrogen-bond donors (Lipinski definition) is 1. The predicted octanol–water partition coefficient (Wildman–Crippen LogP) is 3.23. The molecule has 0 aliphatic rings. The highest BCUT2D eigenvalue weighted by Crippen LogP contribution is 2.22. The molecule has 0 unspecified atom stereocenters. The molecule has 8 heteroatoms. The van der Waals surface area contributed by atoms with Crippen LogP contribution < -0.4 is 5.73 Å². The number of hydrogen-bond acceptors (Lipinski definition) is 4. The Bertz CT molecular complexity index is 1050. The SMILES string of the molecule is NC(=O)c1ccc(CN(Cc2ccccn2)S(=O)(=O)c2ccc(Cl)cc2)cc1. The van der Waals surface area contributed by atoms with Crippen molar-refractivity contribution in [2.75, 3.05) is 0 Å². The van der Waals surface area contributed by atoms with Crippen molar-refractivity contribution in [3.05, 3.63) is 94.8 Å². The predicted molar refractivity (Wildman–Crippen MR) is 107 cm³/mol. The third-order valence-electron chi connectivity index (χ3n) is 4.11. The Labute approximate surface area is 168 Å². The lowest BCUT2D eigenvalue weighted by atomic mass is 10.1. The molecule has 2 N–H and O–H groups in total. The topological polar surface area (TPSA) is 93.4 Å². The maximum Gasteiger partial charge on any atom is 0.248 e. The van der Waals surface area contributed by atoms with Gasteiger partial charge in [0.2, 0.25) is 15.9 Å².